The molecule has 1 aromatic carbocycles. The van der Waals surface area contributed by atoms with E-state index >= 15 is 0 Å². The summed E-state index contributed by atoms with van der Waals surface area (Å²) in [7, 11) is 0. The van der Waals surface area contributed by atoms with Crippen molar-refractivity contribution in [3.05, 3.63) is 29.8 Å². The maximum absolute atomic E-state index is 5.91. The van der Waals surface area contributed by atoms with Crippen LogP contribution in [-0.4, -0.2) is 12.5 Å². The van der Waals surface area contributed by atoms with E-state index in [1.807, 2.05) is 6.07 Å². The second-order valence-electron chi connectivity index (χ2n) is 5.70. The molecule has 0 unspecified atom stereocenters. The van der Waals surface area contributed by atoms with Crippen LogP contribution in [0.2, 0.25) is 0 Å². The number of hydrogen-bond donors (Lipinski definition) is 0. The molecule has 102 valence electrons. The lowest BCUT2D eigenvalue weighted by molar-refractivity contribution is 0.297. The van der Waals surface area contributed by atoms with Crippen LogP contribution in [0.3, 0.4) is 0 Å². The summed E-state index contributed by atoms with van der Waals surface area (Å²) in [6.45, 7) is 7.45. The van der Waals surface area contributed by atoms with Gasteiger partial charge in [0.2, 0.25) is 0 Å². The number of unbranched alkanes of at least 4 members (excludes halogenated alkanes) is 3. The summed E-state index contributed by atoms with van der Waals surface area (Å²) in [6.07, 6.45) is 4.62. The standard InChI is InChI=1S/C16H25ClO/c1-16(2,3)14-10-6-7-11-15(14)18-13-9-5-4-8-12-17/h6-7,10-11H,4-5,8-9,12-13H2,1-3H3. The summed E-state index contributed by atoms with van der Waals surface area (Å²) in [5, 5.41) is 0. The second-order valence-corrected chi connectivity index (χ2v) is 6.08. The predicted molar refractivity (Wildman–Crippen MR) is 79.8 cm³/mol. The van der Waals surface area contributed by atoms with Crippen LogP contribution in [0.1, 0.15) is 52.0 Å². The first-order chi connectivity index (χ1) is 8.55. The third-order valence-corrected chi connectivity index (χ3v) is 3.25. The fraction of sp³-hybridized carbons (Fsp3) is 0.625. The highest BCUT2D eigenvalue weighted by Crippen LogP contribution is 2.30. The van der Waals surface area contributed by atoms with Crippen LogP contribution in [0, 0.1) is 0 Å². The van der Waals surface area contributed by atoms with Gasteiger partial charge in [0.1, 0.15) is 5.75 Å². The van der Waals surface area contributed by atoms with Gasteiger partial charge < -0.3 is 4.74 Å². The molecule has 0 amide bonds. The molecule has 0 saturated heterocycles. The van der Waals surface area contributed by atoms with Gasteiger partial charge in [-0.15, -0.1) is 11.6 Å². The maximum atomic E-state index is 5.91. The molecule has 0 saturated carbocycles. The number of ether oxygens (including phenoxy) is 1. The first-order valence-electron chi connectivity index (χ1n) is 6.84. The molecule has 0 atom stereocenters. The molecule has 2 heteroatoms. The molecular weight excluding hydrogens is 244 g/mol. The smallest absolute Gasteiger partial charge is 0.123 e. The number of hydrogen-bond acceptors (Lipinski definition) is 1. The van der Waals surface area contributed by atoms with Crippen molar-refractivity contribution in [3.63, 3.8) is 0 Å². The summed E-state index contributed by atoms with van der Waals surface area (Å²) in [5.41, 5.74) is 1.42. The molecule has 0 radical (unpaired) electrons. The fourth-order valence-electron chi connectivity index (χ4n) is 1.94. The topological polar surface area (TPSA) is 9.23 Å². The summed E-state index contributed by atoms with van der Waals surface area (Å²) >= 11 is 5.65. The van der Waals surface area contributed by atoms with Crippen LogP contribution in [-0.2, 0) is 5.41 Å². The van der Waals surface area contributed by atoms with Crippen LogP contribution in [0.4, 0.5) is 0 Å². The molecule has 1 nitrogen and oxygen atoms in total. The van der Waals surface area contributed by atoms with E-state index in [2.05, 4.69) is 39.0 Å². The third-order valence-electron chi connectivity index (χ3n) is 2.98. The van der Waals surface area contributed by atoms with Crippen LogP contribution in [0.25, 0.3) is 0 Å². The zero-order chi connectivity index (χ0) is 13.4. The van der Waals surface area contributed by atoms with E-state index < -0.39 is 0 Å². The van der Waals surface area contributed by atoms with Gasteiger partial charge in [0.25, 0.3) is 0 Å². The van der Waals surface area contributed by atoms with Gasteiger partial charge in [-0.1, -0.05) is 51.8 Å². The van der Waals surface area contributed by atoms with E-state index in [1.54, 1.807) is 0 Å². The Balaban J connectivity index is 2.43. The van der Waals surface area contributed by atoms with E-state index in [0.29, 0.717) is 0 Å². The van der Waals surface area contributed by atoms with Crippen molar-refractivity contribution >= 4 is 11.6 Å². The molecule has 0 spiro atoms. The van der Waals surface area contributed by atoms with Crippen molar-refractivity contribution in [2.45, 2.75) is 51.9 Å². The number of halogens is 1. The highest BCUT2D eigenvalue weighted by Gasteiger charge is 2.17. The van der Waals surface area contributed by atoms with Crippen LogP contribution >= 0.6 is 11.6 Å². The predicted octanol–water partition coefficient (Wildman–Crippen LogP) is 5.16. The van der Waals surface area contributed by atoms with Crippen molar-refractivity contribution in [3.8, 4) is 5.75 Å². The first kappa shape index (κ1) is 15.4. The zero-order valence-electron chi connectivity index (χ0n) is 11.8. The Morgan fingerprint density at radius 3 is 2.33 bits per heavy atom. The van der Waals surface area contributed by atoms with Gasteiger partial charge in [-0.25, -0.2) is 0 Å². The average Bonchev–Trinajstić information content (AvgIpc) is 2.33. The Morgan fingerprint density at radius 2 is 1.67 bits per heavy atom. The maximum Gasteiger partial charge on any atom is 0.123 e. The minimum Gasteiger partial charge on any atom is -0.493 e. The quantitative estimate of drug-likeness (QED) is 0.490. The highest BCUT2D eigenvalue weighted by atomic mass is 35.5. The van der Waals surface area contributed by atoms with E-state index in [-0.39, 0.29) is 5.41 Å². The van der Waals surface area contributed by atoms with Crippen molar-refractivity contribution in [2.24, 2.45) is 0 Å². The zero-order valence-corrected chi connectivity index (χ0v) is 12.6. The Labute approximate surface area is 116 Å². The first-order valence-corrected chi connectivity index (χ1v) is 7.37. The van der Waals surface area contributed by atoms with Crippen LogP contribution < -0.4 is 4.74 Å². The molecule has 0 aliphatic rings. The molecule has 18 heavy (non-hydrogen) atoms. The van der Waals surface area contributed by atoms with E-state index in [0.717, 1.165) is 31.1 Å². The van der Waals surface area contributed by atoms with Crippen LogP contribution in [0.15, 0.2) is 24.3 Å². The van der Waals surface area contributed by atoms with Gasteiger partial charge in [-0.2, -0.15) is 0 Å². The molecule has 0 N–H and O–H groups in total. The summed E-state index contributed by atoms with van der Waals surface area (Å²) in [5.74, 6) is 1.80. The SMILES string of the molecule is CC(C)(C)c1ccccc1OCCCCCCCl. The minimum absolute atomic E-state index is 0.134. The third kappa shape index (κ3) is 5.30. The van der Waals surface area contributed by atoms with Gasteiger partial charge in [0, 0.05) is 5.88 Å². The summed E-state index contributed by atoms with van der Waals surface area (Å²) < 4.78 is 5.91. The monoisotopic (exact) mass is 268 g/mol. The fourth-order valence-corrected chi connectivity index (χ4v) is 2.13. The lowest BCUT2D eigenvalue weighted by Crippen LogP contribution is -2.13. The average molecular weight is 269 g/mol. The Morgan fingerprint density at radius 1 is 1.00 bits per heavy atom. The molecule has 0 aliphatic carbocycles. The molecule has 0 aromatic heterocycles. The van der Waals surface area contributed by atoms with Gasteiger partial charge in [-0.3, -0.25) is 0 Å². The van der Waals surface area contributed by atoms with Crippen LogP contribution in [0.5, 0.6) is 5.75 Å². The van der Waals surface area contributed by atoms with E-state index in [1.165, 1.54) is 18.4 Å². The molecule has 0 bridgehead atoms. The van der Waals surface area contributed by atoms with Crippen molar-refractivity contribution in [1.82, 2.24) is 0 Å². The Kier molecular flexibility index (Phi) is 6.56. The molecule has 1 aromatic rings. The lowest BCUT2D eigenvalue weighted by Gasteiger charge is -2.22. The van der Waals surface area contributed by atoms with Gasteiger partial charge in [0.05, 0.1) is 6.61 Å². The summed E-state index contributed by atoms with van der Waals surface area (Å²) in [4.78, 5) is 0. The van der Waals surface area contributed by atoms with Crippen molar-refractivity contribution in [2.75, 3.05) is 12.5 Å². The van der Waals surface area contributed by atoms with Crippen molar-refractivity contribution < 1.29 is 4.74 Å². The lowest BCUT2D eigenvalue weighted by atomic mass is 9.86. The normalized spacial score (nSPS) is 11.6. The number of benzene rings is 1. The Bertz CT molecular complexity index is 341. The number of alkyl halides is 1. The Hall–Kier alpha value is -0.690. The molecule has 0 aliphatic heterocycles. The number of rotatable bonds is 7. The van der Waals surface area contributed by atoms with Gasteiger partial charge in [-0.05, 0) is 29.9 Å². The number of para-hydroxylation sites is 1. The molecule has 0 fully saturated rings. The highest BCUT2D eigenvalue weighted by molar-refractivity contribution is 6.17. The molecule has 0 heterocycles. The van der Waals surface area contributed by atoms with Gasteiger partial charge >= 0.3 is 0 Å². The van der Waals surface area contributed by atoms with E-state index in [9.17, 15) is 0 Å². The largest absolute Gasteiger partial charge is 0.493 e. The minimum atomic E-state index is 0.134. The molecule has 1 rings (SSSR count). The van der Waals surface area contributed by atoms with Gasteiger partial charge in [0.15, 0.2) is 0 Å². The van der Waals surface area contributed by atoms with Crippen molar-refractivity contribution in [1.29, 1.82) is 0 Å². The van der Waals surface area contributed by atoms with E-state index in [4.69, 9.17) is 16.3 Å². The summed E-state index contributed by atoms with van der Waals surface area (Å²) in [6, 6.07) is 8.34. The second kappa shape index (κ2) is 7.68. The molecular formula is C16H25ClO.